The molecular formula is C18H26N4OS. The SMILES string of the molecule is CSCc1nc2ccccc2n1CC(=O)NC[C@@H](C)N1CCCC1. The zero-order valence-electron chi connectivity index (χ0n) is 14.5. The average Bonchev–Trinajstić information content (AvgIpc) is 3.22. The predicted octanol–water partition coefficient (Wildman–Crippen LogP) is 2.50. The third-order valence-electron chi connectivity index (χ3n) is 4.67. The van der Waals surface area contributed by atoms with E-state index in [0.29, 0.717) is 19.1 Å². The molecule has 2 aromatic rings. The molecule has 1 aromatic carbocycles. The molecule has 0 radical (unpaired) electrons. The van der Waals surface area contributed by atoms with Crippen LogP contribution in [0.5, 0.6) is 0 Å². The van der Waals surface area contributed by atoms with E-state index in [1.807, 2.05) is 28.8 Å². The summed E-state index contributed by atoms with van der Waals surface area (Å²) in [7, 11) is 0. The van der Waals surface area contributed by atoms with Gasteiger partial charge in [-0.3, -0.25) is 9.69 Å². The molecule has 1 aliphatic heterocycles. The van der Waals surface area contributed by atoms with Crippen LogP contribution in [-0.2, 0) is 17.1 Å². The summed E-state index contributed by atoms with van der Waals surface area (Å²) in [6.07, 6.45) is 4.61. The standard InChI is InChI=1S/C18H26N4OS/c1-14(21-9-5-6-10-21)11-19-18(23)12-22-16-8-4-3-7-15(16)20-17(22)13-24-2/h3-4,7-8,14H,5-6,9-13H2,1-2H3,(H,19,23)/t14-/m1/s1. The number of benzene rings is 1. The molecule has 24 heavy (non-hydrogen) atoms. The van der Waals surface area contributed by atoms with Crippen molar-refractivity contribution in [2.75, 3.05) is 25.9 Å². The smallest absolute Gasteiger partial charge is 0.240 e. The molecule has 0 saturated carbocycles. The summed E-state index contributed by atoms with van der Waals surface area (Å²) >= 11 is 1.72. The number of rotatable bonds is 7. The Kier molecular flexibility index (Phi) is 5.79. The molecule has 5 nitrogen and oxygen atoms in total. The van der Waals surface area contributed by atoms with Crippen LogP contribution in [0.3, 0.4) is 0 Å². The van der Waals surface area contributed by atoms with Gasteiger partial charge in [0.05, 0.1) is 16.8 Å². The highest BCUT2D eigenvalue weighted by atomic mass is 32.2. The summed E-state index contributed by atoms with van der Waals surface area (Å²) in [5, 5.41) is 3.10. The van der Waals surface area contributed by atoms with E-state index in [0.717, 1.165) is 35.7 Å². The second-order valence-electron chi connectivity index (χ2n) is 6.43. The van der Waals surface area contributed by atoms with Crippen LogP contribution < -0.4 is 5.32 Å². The van der Waals surface area contributed by atoms with Gasteiger partial charge in [0.25, 0.3) is 0 Å². The molecule has 1 aromatic heterocycles. The highest BCUT2D eigenvalue weighted by Gasteiger charge is 2.19. The monoisotopic (exact) mass is 346 g/mol. The van der Waals surface area contributed by atoms with Gasteiger partial charge in [-0.05, 0) is 51.2 Å². The molecule has 0 spiro atoms. The van der Waals surface area contributed by atoms with Crippen LogP contribution in [0.15, 0.2) is 24.3 Å². The molecule has 1 amide bonds. The number of amides is 1. The van der Waals surface area contributed by atoms with Gasteiger partial charge < -0.3 is 9.88 Å². The number of carbonyl (C=O) groups excluding carboxylic acids is 1. The van der Waals surface area contributed by atoms with E-state index in [4.69, 9.17) is 0 Å². The van der Waals surface area contributed by atoms with Crippen molar-refractivity contribution in [2.45, 2.75) is 38.1 Å². The largest absolute Gasteiger partial charge is 0.353 e. The van der Waals surface area contributed by atoms with E-state index in [2.05, 4.69) is 28.4 Å². The van der Waals surface area contributed by atoms with E-state index >= 15 is 0 Å². The van der Waals surface area contributed by atoms with Gasteiger partial charge in [-0.25, -0.2) is 4.98 Å². The Balaban J connectivity index is 1.65. The Morgan fingerprint density at radius 1 is 1.33 bits per heavy atom. The number of fused-ring (bicyclic) bond motifs is 1. The minimum Gasteiger partial charge on any atom is -0.353 e. The fraction of sp³-hybridized carbons (Fsp3) is 0.556. The molecule has 1 N–H and O–H groups in total. The van der Waals surface area contributed by atoms with Crippen molar-refractivity contribution >= 4 is 28.7 Å². The summed E-state index contributed by atoms with van der Waals surface area (Å²) in [5.41, 5.74) is 1.99. The summed E-state index contributed by atoms with van der Waals surface area (Å²) in [6, 6.07) is 8.42. The van der Waals surface area contributed by atoms with Crippen molar-refractivity contribution in [1.29, 1.82) is 0 Å². The lowest BCUT2D eigenvalue weighted by Gasteiger charge is -2.24. The number of likely N-dealkylation sites (tertiary alicyclic amines) is 1. The minimum atomic E-state index is 0.0616. The van der Waals surface area contributed by atoms with Crippen molar-refractivity contribution in [2.24, 2.45) is 0 Å². The highest BCUT2D eigenvalue weighted by Crippen LogP contribution is 2.19. The Morgan fingerprint density at radius 3 is 2.83 bits per heavy atom. The van der Waals surface area contributed by atoms with Gasteiger partial charge in [-0.1, -0.05) is 12.1 Å². The second kappa shape index (κ2) is 8.03. The van der Waals surface area contributed by atoms with E-state index in [1.54, 1.807) is 11.8 Å². The Hall–Kier alpha value is -1.53. The van der Waals surface area contributed by atoms with Crippen molar-refractivity contribution in [1.82, 2.24) is 19.8 Å². The molecule has 3 rings (SSSR count). The fourth-order valence-corrected chi connectivity index (χ4v) is 3.79. The summed E-state index contributed by atoms with van der Waals surface area (Å²) in [4.78, 5) is 19.6. The third kappa shape index (κ3) is 3.92. The minimum absolute atomic E-state index is 0.0616. The van der Waals surface area contributed by atoms with Gasteiger partial charge in [0.2, 0.25) is 5.91 Å². The molecule has 1 atom stereocenters. The van der Waals surface area contributed by atoms with Crippen LogP contribution >= 0.6 is 11.8 Å². The summed E-state index contributed by atoms with van der Waals surface area (Å²) in [5.74, 6) is 1.84. The number of thioether (sulfide) groups is 1. The normalized spacial score (nSPS) is 16.6. The van der Waals surface area contributed by atoms with Crippen LogP contribution in [0.4, 0.5) is 0 Å². The van der Waals surface area contributed by atoms with Crippen LogP contribution in [0, 0.1) is 0 Å². The first kappa shape index (κ1) is 17.3. The maximum absolute atomic E-state index is 12.4. The number of hydrogen-bond donors (Lipinski definition) is 1. The van der Waals surface area contributed by atoms with Crippen molar-refractivity contribution in [3.8, 4) is 0 Å². The first-order valence-corrected chi connectivity index (χ1v) is 10.0. The molecular weight excluding hydrogens is 320 g/mol. The van der Waals surface area contributed by atoms with Crippen LogP contribution in [-0.4, -0.2) is 52.3 Å². The van der Waals surface area contributed by atoms with Gasteiger partial charge >= 0.3 is 0 Å². The van der Waals surface area contributed by atoms with E-state index < -0.39 is 0 Å². The predicted molar refractivity (Wildman–Crippen MR) is 100 cm³/mol. The quantitative estimate of drug-likeness (QED) is 0.837. The first-order chi connectivity index (χ1) is 11.7. The van der Waals surface area contributed by atoms with E-state index in [9.17, 15) is 4.79 Å². The topological polar surface area (TPSA) is 50.2 Å². The maximum atomic E-state index is 12.4. The third-order valence-corrected chi connectivity index (χ3v) is 5.21. The van der Waals surface area contributed by atoms with Crippen LogP contribution in [0.25, 0.3) is 11.0 Å². The van der Waals surface area contributed by atoms with Crippen molar-refractivity contribution in [3.05, 3.63) is 30.1 Å². The molecule has 0 aliphatic carbocycles. The van der Waals surface area contributed by atoms with Gasteiger partial charge in [0.15, 0.2) is 0 Å². The lowest BCUT2D eigenvalue weighted by atomic mass is 10.3. The zero-order valence-corrected chi connectivity index (χ0v) is 15.3. The molecule has 0 unspecified atom stereocenters. The van der Waals surface area contributed by atoms with Gasteiger partial charge in [-0.2, -0.15) is 11.8 Å². The van der Waals surface area contributed by atoms with Crippen molar-refractivity contribution < 1.29 is 4.79 Å². The zero-order chi connectivity index (χ0) is 16.9. The van der Waals surface area contributed by atoms with Crippen molar-refractivity contribution in [3.63, 3.8) is 0 Å². The number of nitrogens with one attached hydrogen (secondary N) is 1. The number of aromatic nitrogens is 2. The number of para-hydroxylation sites is 2. The molecule has 130 valence electrons. The fourth-order valence-electron chi connectivity index (χ4n) is 3.31. The number of hydrogen-bond acceptors (Lipinski definition) is 4. The number of nitrogens with zero attached hydrogens (tertiary/aromatic N) is 3. The van der Waals surface area contributed by atoms with Gasteiger partial charge in [0, 0.05) is 12.6 Å². The Labute approximate surface area is 147 Å². The molecule has 6 heteroatoms. The van der Waals surface area contributed by atoms with E-state index in [-0.39, 0.29) is 5.91 Å². The Bertz CT molecular complexity index is 693. The average molecular weight is 347 g/mol. The summed E-state index contributed by atoms with van der Waals surface area (Å²) < 4.78 is 2.04. The van der Waals surface area contributed by atoms with Crippen LogP contribution in [0.1, 0.15) is 25.6 Å². The Morgan fingerprint density at radius 2 is 2.08 bits per heavy atom. The van der Waals surface area contributed by atoms with Gasteiger partial charge in [-0.15, -0.1) is 0 Å². The summed E-state index contributed by atoms with van der Waals surface area (Å²) in [6.45, 7) is 5.55. The van der Waals surface area contributed by atoms with E-state index in [1.165, 1.54) is 12.8 Å². The number of carbonyl (C=O) groups is 1. The maximum Gasteiger partial charge on any atom is 0.240 e. The lowest BCUT2D eigenvalue weighted by Crippen LogP contribution is -2.41. The molecule has 1 fully saturated rings. The highest BCUT2D eigenvalue weighted by molar-refractivity contribution is 7.97. The molecule has 1 saturated heterocycles. The van der Waals surface area contributed by atoms with Gasteiger partial charge in [0.1, 0.15) is 12.4 Å². The second-order valence-corrected chi connectivity index (χ2v) is 7.30. The first-order valence-electron chi connectivity index (χ1n) is 8.63. The van der Waals surface area contributed by atoms with Crippen LogP contribution in [0.2, 0.25) is 0 Å². The molecule has 2 heterocycles. The molecule has 0 bridgehead atoms. The molecule has 1 aliphatic rings. The lowest BCUT2D eigenvalue weighted by molar-refractivity contribution is -0.121. The number of imidazole rings is 1.